The molecule has 2 saturated carbocycles. The molecule has 0 N–H and O–H groups in total. The van der Waals surface area contributed by atoms with Crippen LogP contribution in [0, 0.1) is 5.92 Å². The van der Waals surface area contributed by atoms with Gasteiger partial charge in [-0.25, -0.2) is 13.4 Å². The fourth-order valence-corrected chi connectivity index (χ4v) is 4.68. The van der Waals surface area contributed by atoms with E-state index in [0.717, 1.165) is 25.0 Å². The van der Waals surface area contributed by atoms with E-state index in [1.165, 1.54) is 22.6 Å². The predicted octanol–water partition coefficient (Wildman–Crippen LogP) is 3.80. The number of rotatable bonds is 6. The minimum Gasteiger partial charge on any atom is -0.464 e. The molecule has 2 aliphatic rings. The van der Waals surface area contributed by atoms with Crippen molar-refractivity contribution in [3.8, 4) is 0 Å². The average molecular weight is 367 g/mol. The SMILES string of the molecule is C[C@H]1C[C@H]1c1ccc(CN(C2CC2)S(=O)(=O)c2ccc(Cl)nc2)o1. The maximum atomic E-state index is 12.9. The zero-order chi connectivity index (χ0) is 16.9. The fourth-order valence-electron chi connectivity index (χ4n) is 2.97. The van der Waals surface area contributed by atoms with Crippen molar-refractivity contribution >= 4 is 21.6 Å². The maximum absolute atomic E-state index is 12.9. The molecular weight excluding hydrogens is 348 g/mol. The Kier molecular flexibility index (Phi) is 3.94. The van der Waals surface area contributed by atoms with Gasteiger partial charge in [-0.15, -0.1) is 0 Å². The number of pyridine rings is 1. The first-order valence-electron chi connectivity index (χ1n) is 8.17. The van der Waals surface area contributed by atoms with Crippen LogP contribution in [0.3, 0.4) is 0 Å². The Balaban J connectivity index is 1.58. The van der Waals surface area contributed by atoms with E-state index in [2.05, 4.69) is 11.9 Å². The molecule has 0 spiro atoms. The van der Waals surface area contributed by atoms with E-state index >= 15 is 0 Å². The molecule has 2 aromatic rings. The van der Waals surface area contributed by atoms with Gasteiger partial charge >= 0.3 is 0 Å². The molecule has 4 rings (SSSR count). The molecule has 7 heteroatoms. The van der Waals surface area contributed by atoms with E-state index in [1.54, 1.807) is 0 Å². The molecule has 2 atom stereocenters. The first-order valence-corrected chi connectivity index (χ1v) is 9.99. The van der Waals surface area contributed by atoms with Gasteiger partial charge in [0.25, 0.3) is 0 Å². The molecule has 0 radical (unpaired) electrons. The van der Waals surface area contributed by atoms with Gasteiger partial charge in [-0.05, 0) is 49.4 Å². The van der Waals surface area contributed by atoms with Gasteiger partial charge in [-0.3, -0.25) is 0 Å². The summed E-state index contributed by atoms with van der Waals surface area (Å²) in [5, 5.41) is 0.279. The van der Waals surface area contributed by atoms with E-state index in [-0.39, 0.29) is 22.6 Å². The largest absolute Gasteiger partial charge is 0.464 e. The molecule has 2 aliphatic carbocycles. The summed E-state index contributed by atoms with van der Waals surface area (Å²) in [6, 6.07) is 6.91. The first kappa shape index (κ1) is 16.1. The third-order valence-electron chi connectivity index (χ3n) is 4.73. The lowest BCUT2D eigenvalue weighted by Crippen LogP contribution is -2.32. The fraction of sp³-hybridized carbons (Fsp3) is 0.471. The molecule has 0 unspecified atom stereocenters. The van der Waals surface area contributed by atoms with E-state index in [4.69, 9.17) is 16.0 Å². The second-order valence-corrected chi connectivity index (χ2v) is 9.00. The van der Waals surface area contributed by atoms with Crippen LogP contribution in [0.15, 0.2) is 39.8 Å². The number of sulfonamides is 1. The topological polar surface area (TPSA) is 63.4 Å². The molecule has 0 aliphatic heterocycles. The number of aromatic nitrogens is 1. The van der Waals surface area contributed by atoms with Crippen molar-refractivity contribution in [1.29, 1.82) is 0 Å². The lowest BCUT2D eigenvalue weighted by Gasteiger charge is -2.20. The molecule has 0 amide bonds. The molecule has 24 heavy (non-hydrogen) atoms. The summed E-state index contributed by atoms with van der Waals surface area (Å²) in [6.07, 6.45) is 4.22. The highest BCUT2D eigenvalue weighted by molar-refractivity contribution is 7.89. The van der Waals surface area contributed by atoms with Crippen molar-refractivity contribution in [1.82, 2.24) is 9.29 Å². The van der Waals surface area contributed by atoms with Crippen LogP contribution in [-0.4, -0.2) is 23.7 Å². The van der Waals surface area contributed by atoms with Gasteiger partial charge < -0.3 is 4.42 Å². The average Bonchev–Trinajstić information content (AvgIpc) is 3.46. The van der Waals surface area contributed by atoms with Crippen molar-refractivity contribution < 1.29 is 12.8 Å². The predicted molar refractivity (Wildman–Crippen MR) is 90.2 cm³/mol. The summed E-state index contributed by atoms with van der Waals surface area (Å²) in [4.78, 5) is 4.06. The maximum Gasteiger partial charge on any atom is 0.245 e. The second kappa shape index (κ2) is 5.86. The van der Waals surface area contributed by atoms with Crippen LogP contribution in [-0.2, 0) is 16.6 Å². The molecule has 2 fully saturated rings. The molecular formula is C17H19ClN2O3S. The van der Waals surface area contributed by atoms with Crippen molar-refractivity contribution in [2.45, 2.75) is 49.6 Å². The minimum absolute atomic E-state index is 0.0408. The molecule has 0 aromatic carbocycles. The Hall–Kier alpha value is -1.37. The zero-order valence-electron chi connectivity index (χ0n) is 13.4. The van der Waals surface area contributed by atoms with Crippen LogP contribution < -0.4 is 0 Å². The Morgan fingerprint density at radius 1 is 1.29 bits per heavy atom. The first-order chi connectivity index (χ1) is 11.4. The molecule has 2 heterocycles. The van der Waals surface area contributed by atoms with E-state index in [0.29, 0.717) is 17.6 Å². The van der Waals surface area contributed by atoms with Crippen LogP contribution >= 0.6 is 11.6 Å². The van der Waals surface area contributed by atoms with Crippen molar-refractivity contribution in [3.05, 3.63) is 47.1 Å². The van der Waals surface area contributed by atoms with E-state index < -0.39 is 10.0 Å². The summed E-state index contributed by atoms with van der Waals surface area (Å²) in [5.74, 6) is 2.82. The van der Waals surface area contributed by atoms with Crippen LogP contribution in [0.4, 0.5) is 0 Å². The lowest BCUT2D eigenvalue weighted by molar-refractivity contribution is 0.347. The minimum atomic E-state index is -3.61. The number of hydrogen-bond acceptors (Lipinski definition) is 4. The number of halogens is 1. The Bertz CT molecular complexity index is 843. The van der Waals surface area contributed by atoms with Crippen LogP contribution in [0.5, 0.6) is 0 Å². The highest BCUT2D eigenvalue weighted by atomic mass is 35.5. The summed E-state index contributed by atoms with van der Waals surface area (Å²) in [7, 11) is -3.61. The van der Waals surface area contributed by atoms with Crippen molar-refractivity contribution in [3.63, 3.8) is 0 Å². The molecule has 2 aromatic heterocycles. The third-order valence-corrected chi connectivity index (χ3v) is 6.84. The Morgan fingerprint density at radius 3 is 2.62 bits per heavy atom. The highest BCUT2D eigenvalue weighted by Gasteiger charge is 2.40. The Labute approximate surface area is 146 Å². The molecule has 128 valence electrons. The number of hydrogen-bond donors (Lipinski definition) is 0. The van der Waals surface area contributed by atoms with Gasteiger partial charge in [0.1, 0.15) is 21.6 Å². The van der Waals surface area contributed by atoms with Crippen LogP contribution in [0.1, 0.15) is 43.6 Å². The standard InChI is InChI=1S/C17H19ClN2O3S/c1-11-8-15(11)16-6-4-13(23-16)10-20(12-2-3-12)24(21,22)14-5-7-17(18)19-9-14/h4-7,9,11-12,15H,2-3,8,10H2,1H3/t11-,15+/m0/s1. The second-order valence-electron chi connectivity index (χ2n) is 6.72. The summed E-state index contributed by atoms with van der Waals surface area (Å²) < 4.78 is 33.3. The van der Waals surface area contributed by atoms with Gasteiger partial charge in [-0.1, -0.05) is 18.5 Å². The summed E-state index contributed by atoms with van der Waals surface area (Å²) >= 11 is 5.76. The van der Waals surface area contributed by atoms with Crippen molar-refractivity contribution in [2.24, 2.45) is 5.92 Å². The summed E-state index contributed by atoms with van der Waals surface area (Å²) in [5.41, 5.74) is 0. The quantitative estimate of drug-likeness (QED) is 0.729. The van der Waals surface area contributed by atoms with Crippen molar-refractivity contribution in [2.75, 3.05) is 0 Å². The Morgan fingerprint density at radius 2 is 2.04 bits per heavy atom. The van der Waals surface area contributed by atoms with E-state index in [9.17, 15) is 8.42 Å². The normalized spacial score (nSPS) is 23.6. The summed E-state index contributed by atoms with van der Waals surface area (Å²) in [6.45, 7) is 2.46. The molecule has 0 saturated heterocycles. The highest BCUT2D eigenvalue weighted by Crippen LogP contribution is 2.47. The molecule has 5 nitrogen and oxygen atoms in total. The van der Waals surface area contributed by atoms with Gasteiger partial charge in [0.05, 0.1) is 6.54 Å². The molecule has 0 bridgehead atoms. The van der Waals surface area contributed by atoms with Crippen LogP contribution in [0.25, 0.3) is 0 Å². The smallest absolute Gasteiger partial charge is 0.245 e. The number of furan rings is 1. The van der Waals surface area contributed by atoms with Crippen LogP contribution in [0.2, 0.25) is 5.15 Å². The third kappa shape index (κ3) is 3.10. The monoisotopic (exact) mass is 366 g/mol. The van der Waals surface area contributed by atoms with Gasteiger partial charge in [0.2, 0.25) is 10.0 Å². The van der Waals surface area contributed by atoms with Gasteiger partial charge in [-0.2, -0.15) is 4.31 Å². The van der Waals surface area contributed by atoms with E-state index in [1.807, 2.05) is 12.1 Å². The van der Waals surface area contributed by atoms with Gasteiger partial charge in [0.15, 0.2) is 0 Å². The zero-order valence-corrected chi connectivity index (χ0v) is 14.9. The number of nitrogens with zero attached hydrogens (tertiary/aromatic N) is 2. The van der Waals surface area contributed by atoms with Gasteiger partial charge in [0, 0.05) is 18.2 Å². The lowest BCUT2D eigenvalue weighted by atomic mass is 10.3.